The summed E-state index contributed by atoms with van der Waals surface area (Å²) in [6, 6.07) is 3.34. The Hall–Kier alpha value is -2.11. The number of amides is 2. The Kier molecular flexibility index (Phi) is 3.42. The van der Waals surface area contributed by atoms with Crippen molar-refractivity contribution in [2.45, 2.75) is 19.4 Å². The van der Waals surface area contributed by atoms with E-state index in [9.17, 15) is 9.59 Å². The van der Waals surface area contributed by atoms with Crippen LogP contribution in [0.5, 0.6) is 0 Å². The van der Waals surface area contributed by atoms with E-state index in [1.165, 1.54) is 0 Å². The second-order valence-corrected chi connectivity index (χ2v) is 4.95. The molecule has 2 heterocycles. The average molecular weight is 262 g/mol. The van der Waals surface area contributed by atoms with Gasteiger partial charge in [-0.05, 0) is 26.0 Å². The van der Waals surface area contributed by atoms with Gasteiger partial charge in [-0.1, -0.05) is 0 Å². The molecule has 6 nitrogen and oxygen atoms in total. The topological polar surface area (TPSA) is 74.3 Å². The lowest BCUT2D eigenvalue weighted by atomic mass is 9.97. The highest BCUT2D eigenvalue weighted by Crippen LogP contribution is 2.21. The number of carbonyl (C=O) groups excluding carboxylic acids is 2. The first kappa shape index (κ1) is 13.3. The van der Waals surface area contributed by atoms with Crippen molar-refractivity contribution in [1.29, 1.82) is 0 Å². The summed E-state index contributed by atoms with van der Waals surface area (Å²) in [5.74, 6) is 0.346. The van der Waals surface area contributed by atoms with Crippen LogP contribution in [0.4, 0.5) is 5.82 Å². The van der Waals surface area contributed by atoms with E-state index in [2.05, 4.69) is 15.6 Å². The van der Waals surface area contributed by atoms with E-state index in [0.29, 0.717) is 24.5 Å². The number of anilines is 1. The van der Waals surface area contributed by atoms with Gasteiger partial charge in [0.15, 0.2) is 0 Å². The van der Waals surface area contributed by atoms with E-state index in [1.807, 2.05) is 0 Å². The second-order valence-electron chi connectivity index (χ2n) is 4.95. The molecule has 6 heteroatoms. The fourth-order valence-corrected chi connectivity index (χ4v) is 2.11. The van der Waals surface area contributed by atoms with Gasteiger partial charge in [0.25, 0.3) is 5.91 Å². The standard InChI is InChI=1S/C13H18N4O2/c1-13(2)12(19)16-6-7-17(13)11(18)9-4-5-15-10(8-9)14-3/h4-5,8H,6-7H2,1-3H3,(H,14,15)(H,16,19). The number of nitrogens with one attached hydrogen (secondary N) is 2. The number of aromatic nitrogens is 1. The van der Waals surface area contributed by atoms with E-state index in [-0.39, 0.29) is 11.8 Å². The number of hydrogen-bond donors (Lipinski definition) is 2. The molecule has 1 aliphatic rings. The number of carbonyl (C=O) groups is 2. The highest BCUT2D eigenvalue weighted by atomic mass is 16.2. The zero-order valence-corrected chi connectivity index (χ0v) is 11.4. The van der Waals surface area contributed by atoms with Gasteiger partial charge in [-0.15, -0.1) is 0 Å². The quantitative estimate of drug-likeness (QED) is 0.812. The largest absolute Gasteiger partial charge is 0.373 e. The number of rotatable bonds is 2. The maximum absolute atomic E-state index is 12.5. The maximum atomic E-state index is 12.5. The monoisotopic (exact) mass is 262 g/mol. The molecular formula is C13H18N4O2. The van der Waals surface area contributed by atoms with Crippen molar-refractivity contribution in [3.63, 3.8) is 0 Å². The van der Waals surface area contributed by atoms with Gasteiger partial charge >= 0.3 is 0 Å². The Morgan fingerprint density at radius 2 is 2.26 bits per heavy atom. The SMILES string of the molecule is CNc1cc(C(=O)N2CCNC(=O)C2(C)C)ccn1. The molecule has 1 aliphatic heterocycles. The minimum atomic E-state index is -0.835. The third-order valence-corrected chi connectivity index (χ3v) is 3.36. The summed E-state index contributed by atoms with van der Waals surface area (Å²) >= 11 is 0. The van der Waals surface area contributed by atoms with Crippen LogP contribution in [-0.2, 0) is 4.79 Å². The first-order chi connectivity index (χ1) is 8.96. The zero-order chi connectivity index (χ0) is 14.0. The molecule has 0 aliphatic carbocycles. The Morgan fingerprint density at radius 1 is 1.53 bits per heavy atom. The predicted octanol–water partition coefficient (Wildman–Crippen LogP) is 0.474. The first-order valence-electron chi connectivity index (χ1n) is 6.21. The number of pyridine rings is 1. The predicted molar refractivity (Wildman–Crippen MR) is 71.9 cm³/mol. The molecule has 1 aromatic rings. The normalized spacial score (nSPS) is 17.8. The van der Waals surface area contributed by atoms with E-state index in [0.717, 1.165) is 0 Å². The summed E-state index contributed by atoms with van der Waals surface area (Å²) in [4.78, 5) is 30.0. The summed E-state index contributed by atoms with van der Waals surface area (Å²) in [7, 11) is 1.74. The van der Waals surface area contributed by atoms with Crippen molar-refractivity contribution in [1.82, 2.24) is 15.2 Å². The Labute approximate surface area is 112 Å². The van der Waals surface area contributed by atoms with Crippen LogP contribution in [0.1, 0.15) is 24.2 Å². The summed E-state index contributed by atoms with van der Waals surface area (Å²) in [6.45, 7) is 4.49. The lowest BCUT2D eigenvalue weighted by molar-refractivity contribution is -0.133. The number of piperazine rings is 1. The van der Waals surface area contributed by atoms with Gasteiger partial charge in [-0.3, -0.25) is 9.59 Å². The third kappa shape index (κ3) is 2.38. The molecule has 19 heavy (non-hydrogen) atoms. The van der Waals surface area contributed by atoms with Crippen molar-refractivity contribution < 1.29 is 9.59 Å². The van der Waals surface area contributed by atoms with Gasteiger partial charge in [0.2, 0.25) is 5.91 Å². The molecule has 1 fully saturated rings. The smallest absolute Gasteiger partial charge is 0.254 e. The van der Waals surface area contributed by atoms with Crippen molar-refractivity contribution in [3.8, 4) is 0 Å². The lowest BCUT2D eigenvalue weighted by Gasteiger charge is -2.41. The molecule has 102 valence electrons. The van der Waals surface area contributed by atoms with Crippen LogP contribution in [0.25, 0.3) is 0 Å². The first-order valence-corrected chi connectivity index (χ1v) is 6.21. The number of nitrogens with zero attached hydrogens (tertiary/aromatic N) is 2. The molecule has 0 bridgehead atoms. The van der Waals surface area contributed by atoms with E-state index in [1.54, 1.807) is 44.1 Å². The summed E-state index contributed by atoms with van der Waals surface area (Å²) in [5.41, 5.74) is -0.305. The lowest BCUT2D eigenvalue weighted by Crippen LogP contribution is -2.63. The van der Waals surface area contributed by atoms with Gasteiger partial charge in [-0.25, -0.2) is 4.98 Å². The van der Waals surface area contributed by atoms with Crippen LogP contribution in [0.2, 0.25) is 0 Å². The highest BCUT2D eigenvalue weighted by molar-refractivity contribution is 6.00. The van der Waals surface area contributed by atoms with Gasteiger partial charge < -0.3 is 15.5 Å². The van der Waals surface area contributed by atoms with Crippen LogP contribution < -0.4 is 10.6 Å². The Balaban J connectivity index is 2.30. The van der Waals surface area contributed by atoms with Crippen molar-refractivity contribution in [2.24, 2.45) is 0 Å². The van der Waals surface area contributed by atoms with Gasteiger partial charge in [0.05, 0.1) is 0 Å². The molecule has 0 spiro atoms. The van der Waals surface area contributed by atoms with Gasteiger partial charge in [-0.2, -0.15) is 0 Å². The summed E-state index contributed by atoms with van der Waals surface area (Å²) < 4.78 is 0. The third-order valence-electron chi connectivity index (χ3n) is 3.36. The van der Waals surface area contributed by atoms with Crippen LogP contribution in [0, 0.1) is 0 Å². The molecular weight excluding hydrogens is 244 g/mol. The second kappa shape index (κ2) is 4.87. The van der Waals surface area contributed by atoms with Crippen LogP contribution >= 0.6 is 0 Å². The number of hydrogen-bond acceptors (Lipinski definition) is 4. The molecule has 2 rings (SSSR count). The molecule has 1 saturated heterocycles. The minimum absolute atomic E-state index is 0.130. The molecule has 0 saturated carbocycles. The van der Waals surface area contributed by atoms with Crippen LogP contribution in [0.3, 0.4) is 0 Å². The molecule has 0 aromatic carbocycles. The van der Waals surface area contributed by atoms with E-state index in [4.69, 9.17) is 0 Å². The highest BCUT2D eigenvalue weighted by Gasteiger charge is 2.40. The molecule has 0 unspecified atom stereocenters. The fraction of sp³-hybridized carbons (Fsp3) is 0.462. The average Bonchev–Trinajstić information content (AvgIpc) is 2.41. The van der Waals surface area contributed by atoms with Crippen molar-refractivity contribution in [3.05, 3.63) is 23.9 Å². The Morgan fingerprint density at radius 3 is 2.95 bits per heavy atom. The van der Waals surface area contributed by atoms with Crippen LogP contribution in [0.15, 0.2) is 18.3 Å². The van der Waals surface area contributed by atoms with E-state index < -0.39 is 5.54 Å². The molecule has 0 atom stereocenters. The molecule has 0 radical (unpaired) electrons. The van der Waals surface area contributed by atoms with Gasteiger partial charge in [0, 0.05) is 31.9 Å². The van der Waals surface area contributed by atoms with E-state index >= 15 is 0 Å². The van der Waals surface area contributed by atoms with Gasteiger partial charge in [0.1, 0.15) is 11.4 Å². The van der Waals surface area contributed by atoms with Crippen molar-refractivity contribution in [2.75, 3.05) is 25.5 Å². The summed E-state index contributed by atoms with van der Waals surface area (Å²) in [5, 5.41) is 5.67. The molecule has 2 N–H and O–H groups in total. The molecule has 2 amide bonds. The Bertz CT molecular complexity index is 513. The minimum Gasteiger partial charge on any atom is -0.373 e. The zero-order valence-electron chi connectivity index (χ0n) is 11.4. The van der Waals surface area contributed by atoms with Crippen molar-refractivity contribution >= 4 is 17.6 Å². The molecule has 1 aromatic heterocycles. The van der Waals surface area contributed by atoms with Crippen LogP contribution in [-0.4, -0.2) is 47.4 Å². The maximum Gasteiger partial charge on any atom is 0.254 e. The summed E-state index contributed by atoms with van der Waals surface area (Å²) in [6.07, 6.45) is 1.58. The fourth-order valence-electron chi connectivity index (χ4n) is 2.11.